The summed E-state index contributed by atoms with van der Waals surface area (Å²) in [6.07, 6.45) is 8.52. The highest BCUT2D eigenvalue weighted by Crippen LogP contribution is 2.23. The van der Waals surface area contributed by atoms with E-state index < -0.39 is 0 Å². The number of piperidine rings is 1. The molecular formula is C18H23NO2. The van der Waals surface area contributed by atoms with E-state index >= 15 is 0 Å². The molecule has 0 aromatic heterocycles. The Hall–Kier alpha value is -1.79. The molecule has 0 amide bonds. The van der Waals surface area contributed by atoms with E-state index in [1.807, 2.05) is 32.0 Å². The second-order valence-electron chi connectivity index (χ2n) is 5.59. The quantitative estimate of drug-likeness (QED) is 0.667. The average Bonchev–Trinajstić information content (AvgIpc) is 2.54. The first kappa shape index (κ1) is 15.6. The number of ether oxygens (including phenoxy) is 1. The van der Waals surface area contributed by atoms with Crippen molar-refractivity contribution in [2.75, 3.05) is 13.1 Å². The van der Waals surface area contributed by atoms with Gasteiger partial charge in [-0.1, -0.05) is 19.8 Å². The number of carbonyl (C=O) groups excluding carboxylic acids is 1. The summed E-state index contributed by atoms with van der Waals surface area (Å²) in [4.78, 5) is 12.4. The van der Waals surface area contributed by atoms with Crippen LogP contribution in [0.5, 0.6) is 5.75 Å². The number of hydrogen-bond acceptors (Lipinski definition) is 3. The molecule has 2 rings (SSSR count). The number of nitrogens with one attached hydrogen (secondary N) is 1. The van der Waals surface area contributed by atoms with Crippen LogP contribution in [0.1, 0.15) is 49.0 Å². The third-order valence-corrected chi connectivity index (χ3v) is 4.06. The van der Waals surface area contributed by atoms with Gasteiger partial charge >= 0.3 is 0 Å². The molecule has 1 fully saturated rings. The van der Waals surface area contributed by atoms with Crippen LogP contribution in [0.2, 0.25) is 0 Å². The van der Waals surface area contributed by atoms with Gasteiger partial charge < -0.3 is 10.1 Å². The number of Topliss-reactive ketones (excluding diaryl/α,β-unsaturated/α-hetero) is 1. The lowest BCUT2D eigenvalue weighted by molar-refractivity contribution is 0.0925. The molecule has 112 valence electrons. The number of benzene rings is 1. The van der Waals surface area contributed by atoms with Crippen molar-refractivity contribution in [1.29, 1.82) is 0 Å². The molecule has 1 unspecified atom stereocenters. The van der Waals surface area contributed by atoms with Gasteiger partial charge in [0.25, 0.3) is 0 Å². The molecule has 1 aliphatic heterocycles. The molecule has 0 spiro atoms. The van der Waals surface area contributed by atoms with E-state index in [1.165, 1.54) is 0 Å². The topological polar surface area (TPSA) is 38.3 Å². The lowest BCUT2D eigenvalue weighted by Crippen LogP contribution is -2.34. The summed E-state index contributed by atoms with van der Waals surface area (Å²) < 4.78 is 6.00. The van der Waals surface area contributed by atoms with E-state index in [4.69, 9.17) is 11.2 Å². The van der Waals surface area contributed by atoms with Crippen molar-refractivity contribution in [1.82, 2.24) is 5.32 Å². The lowest BCUT2D eigenvalue weighted by atomic mass is 9.93. The molecule has 1 atom stereocenters. The fourth-order valence-corrected chi connectivity index (χ4v) is 2.48. The first-order chi connectivity index (χ1) is 10.2. The van der Waals surface area contributed by atoms with Gasteiger partial charge in [-0.2, -0.15) is 0 Å². The zero-order valence-electron chi connectivity index (χ0n) is 12.8. The summed E-state index contributed by atoms with van der Waals surface area (Å²) in [6, 6.07) is 5.49. The molecule has 1 heterocycles. The number of terminal acetylenes is 1. The Morgan fingerprint density at radius 2 is 2.19 bits per heavy atom. The molecule has 1 aromatic carbocycles. The maximum atomic E-state index is 12.4. The maximum Gasteiger partial charge on any atom is 0.167 e. The van der Waals surface area contributed by atoms with Crippen molar-refractivity contribution in [2.24, 2.45) is 5.92 Å². The monoisotopic (exact) mass is 285 g/mol. The molecule has 1 aliphatic rings. The van der Waals surface area contributed by atoms with E-state index in [1.54, 1.807) is 0 Å². The molecule has 3 nitrogen and oxygen atoms in total. The van der Waals surface area contributed by atoms with E-state index in [-0.39, 0.29) is 17.8 Å². The highest BCUT2D eigenvalue weighted by atomic mass is 16.5. The molecule has 1 aromatic rings. The van der Waals surface area contributed by atoms with E-state index in [0.717, 1.165) is 38.1 Å². The highest BCUT2D eigenvalue weighted by molar-refractivity contribution is 6.00. The van der Waals surface area contributed by atoms with Gasteiger partial charge in [0.15, 0.2) is 5.78 Å². The standard InChI is InChI=1S/C18H23NO2/c1-4-13(3)18(20)17-12-16(7-6-14(17)5-2)21-15-8-10-19-11-9-15/h2,6-7,12-13,15,19H,4,8-11H2,1,3H3. The third kappa shape index (κ3) is 3.86. The van der Waals surface area contributed by atoms with Crippen LogP contribution in [0.15, 0.2) is 18.2 Å². The van der Waals surface area contributed by atoms with Gasteiger partial charge in [0, 0.05) is 17.0 Å². The third-order valence-electron chi connectivity index (χ3n) is 4.06. The molecule has 0 bridgehead atoms. The van der Waals surface area contributed by atoms with Crippen molar-refractivity contribution in [3.8, 4) is 18.1 Å². The van der Waals surface area contributed by atoms with Gasteiger partial charge in [-0.3, -0.25) is 4.79 Å². The van der Waals surface area contributed by atoms with Crippen LogP contribution in [0.4, 0.5) is 0 Å². The summed E-state index contributed by atoms with van der Waals surface area (Å²) in [5, 5.41) is 3.31. The van der Waals surface area contributed by atoms with Crippen molar-refractivity contribution < 1.29 is 9.53 Å². The predicted octanol–water partition coefficient (Wildman–Crippen LogP) is 3.03. The smallest absolute Gasteiger partial charge is 0.167 e. The molecule has 0 saturated carbocycles. The summed E-state index contributed by atoms with van der Waals surface area (Å²) in [7, 11) is 0. The predicted molar refractivity (Wildman–Crippen MR) is 84.7 cm³/mol. The first-order valence-electron chi connectivity index (χ1n) is 7.68. The molecule has 21 heavy (non-hydrogen) atoms. The second-order valence-corrected chi connectivity index (χ2v) is 5.59. The summed E-state index contributed by atoms with van der Waals surface area (Å²) in [6.45, 7) is 5.90. The number of carbonyl (C=O) groups is 1. The van der Waals surface area contributed by atoms with Gasteiger partial charge in [-0.05, 0) is 50.6 Å². The fourth-order valence-electron chi connectivity index (χ4n) is 2.48. The molecule has 1 N–H and O–H groups in total. The average molecular weight is 285 g/mol. The van der Waals surface area contributed by atoms with Crippen LogP contribution in [0.25, 0.3) is 0 Å². The second kappa shape index (κ2) is 7.28. The Bertz CT molecular complexity index is 539. The van der Waals surface area contributed by atoms with Crippen LogP contribution in [-0.4, -0.2) is 25.0 Å². The van der Waals surface area contributed by atoms with Gasteiger partial charge in [0.1, 0.15) is 11.9 Å². The Kier molecular flexibility index (Phi) is 5.41. The van der Waals surface area contributed by atoms with Crippen LogP contribution < -0.4 is 10.1 Å². The summed E-state index contributed by atoms with van der Waals surface area (Å²) in [5.41, 5.74) is 1.26. The van der Waals surface area contributed by atoms with E-state index in [0.29, 0.717) is 11.1 Å². The summed E-state index contributed by atoms with van der Waals surface area (Å²) in [5.74, 6) is 3.42. The van der Waals surface area contributed by atoms with Crippen LogP contribution in [-0.2, 0) is 0 Å². The number of rotatable bonds is 5. The minimum absolute atomic E-state index is 0.0220. The zero-order valence-corrected chi connectivity index (χ0v) is 12.8. The Labute approximate surface area is 127 Å². The van der Waals surface area contributed by atoms with Crippen LogP contribution >= 0.6 is 0 Å². The Balaban J connectivity index is 2.20. The van der Waals surface area contributed by atoms with Crippen molar-refractivity contribution >= 4 is 5.78 Å². The molecule has 3 heteroatoms. The van der Waals surface area contributed by atoms with Gasteiger partial charge in [0.05, 0.1) is 0 Å². The largest absolute Gasteiger partial charge is 0.490 e. The molecule has 1 saturated heterocycles. The SMILES string of the molecule is C#Cc1ccc(OC2CCNCC2)cc1C(=O)C(C)CC. The van der Waals surface area contributed by atoms with Crippen molar-refractivity contribution in [3.05, 3.63) is 29.3 Å². The Morgan fingerprint density at radius 1 is 1.48 bits per heavy atom. The zero-order chi connectivity index (χ0) is 15.2. The first-order valence-corrected chi connectivity index (χ1v) is 7.68. The van der Waals surface area contributed by atoms with Crippen LogP contribution in [0, 0.1) is 18.3 Å². The fraction of sp³-hybridized carbons (Fsp3) is 0.500. The van der Waals surface area contributed by atoms with Gasteiger partial charge in [0.2, 0.25) is 0 Å². The molecular weight excluding hydrogens is 262 g/mol. The summed E-state index contributed by atoms with van der Waals surface area (Å²) >= 11 is 0. The van der Waals surface area contributed by atoms with Gasteiger partial charge in [-0.15, -0.1) is 6.42 Å². The highest BCUT2D eigenvalue weighted by Gasteiger charge is 2.19. The normalized spacial score (nSPS) is 17.0. The van der Waals surface area contributed by atoms with Crippen LogP contribution in [0.3, 0.4) is 0 Å². The molecule has 0 radical (unpaired) electrons. The maximum absolute atomic E-state index is 12.4. The number of ketones is 1. The molecule has 0 aliphatic carbocycles. The van der Waals surface area contributed by atoms with Crippen molar-refractivity contribution in [3.63, 3.8) is 0 Å². The van der Waals surface area contributed by atoms with Crippen molar-refractivity contribution in [2.45, 2.75) is 39.2 Å². The number of hydrogen-bond donors (Lipinski definition) is 1. The minimum Gasteiger partial charge on any atom is -0.490 e. The van der Waals surface area contributed by atoms with E-state index in [9.17, 15) is 4.79 Å². The van der Waals surface area contributed by atoms with Gasteiger partial charge in [-0.25, -0.2) is 0 Å². The lowest BCUT2D eigenvalue weighted by Gasteiger charge is -2.24. The Morgan fingerprint density at radius 3 is 2.81 bits per heavy atom. The minimum atomic E-state index is -0.0220. The van der Waals surface area contributed by atoms with E-state index in [2.05, 4.69) is 11.2 Å².